The van der Waals surface area contributed by atoms with Crippen molar-refractivity contribution in [3.63, 3.8) is 0 Å². The minimum Gasteiger partial charge on any atom is -0.497 e. The van der Waals surface area contributed by atoms with E-state index in [1.54, 1.807) is 61.4 Å². The smallest absolute Gasteiger partial charge is 0.229 e. The summed E-state index contributed by atoms with van der Waals surface area (Å²) in [5.41, 5.74) is 0.898. The Morgan fingerprint density at radius 2 is 1.96 bits per heavy atom. The first-order valence-corrected chi connectivity index (χ1v) is 10.6. The monoisotopic (exact) mass is 402 g/mol. The molecule has 1 saturated heterocycles. The van der Waals surface area contributed by atoms with Gasteiger partial charge < -0.3 is 15.0 Å². The van der Waals surface area contributed by atoms with Gasteiger partial charge in [-0.25, -0.2) is 8.42 Å². The SMILES string of the molecule is CCS(=O)(=O)c1ccccc1NC(=O)C1CC(=O)N(c2cccc(OC)c2)C1. The predicted octanol–water partition coefficient (Wildman–Crippen LogP) is 2.48. The molecule has 0 radical (unpaired) electrons. The molecule has 1 fully saturated rings. The Kier molecular flexibility index (Phi) is 5.69. The number of sulfone groups is 1. The fraction of sp³-hybridized carbons (Fsp3) is 0.300. The molecule has 0 bridgehead atoms. The fourth-order valence-electron chi connectivity index (χ4n) is 3.14. The van der Waals surface area contributed by atoms with Crippen molar-refractivity contribution in [3.05, 3.63) is 48.5 Å². The fourth-order valence-corrected chi connectivity index (χ4v) is 4.19. The Balaban J connectivity index is 1.77. The first-order chi connectivity index (χ1) is 13.4. The van der Waals surface area contributed by atoms with E-state index < -0.39 is 15.8 Å². The van der Waals surface area contributed by atoms with Crippen molar-refractivity contribution in [1.29, 1.82) is 0 Å². The number of rotatable bonds is 6. The van der Waals surface area contributed by atoms with E-state index in [2.05, 4.69) is 5.32 Å². The van der Waals surface area contributed by atoms with Crippen LogP contribution >= 0.6 is 0 Å². The molecule has 1 N–H and O–H groups in total. The van der Waals surface area contributed by atoms with Gasteiger partial charge in [0, 0.05) is 24.7 Å². The van der Waals surface area contributed by atoms with Gasteiger partial charge in [0.25, 0.3) is 0 Å². The van der Waals surface area contributed by atoms with Gasteiger partial charge in [0.05, 0.1) is 29.4 Å². The molecule has 0 aromatic heterocycles. The lowest BCUT2D eigenvalue weighted by molar-refractivity contribution is -0.122. The molecule has 1 unspecified atom stereocenters. The van der Waals surface area contributed by atoms with Crippen molar-refractivity contribution in [2.45, 2.75) is 18.2 Å². The van der Waals surface area contributed by atoms with E-state index in [0.29, 0.717) is 11.4 Å². The average Bonchev–Trinajstić information content (AvgIpc) is 3.10. The van der Waals surface area contributed by atoms with E-state index >= 15 is 0 Å². The number of para-hydroxylation sites is 1. The van der Waals surface area contributed by atoms with Gasteiger partial charge in [-0.2, -0.15) is 0 Å². The van der Waals surface area contributed by atoms with Crippen molar-refractivity contribution in [2.24, 2.45) is 5.92 Å². The number of amides is 2. The molecule has 7 nitrogen and oxygen atoms in total. The number of ether oxygens (including phenoxy) is 1. The van der Waals surface area contributed by atoms with Crippen LogP contribution in [-0.2, 0) is 19.4 Å². The van der Waals surface area contributed by atoms with Crippen LogP contribution < -0.4 is 15.0 Å². The molecule has 28 heavy (non-hydrogen) atoms. The summed E-state index contributed by atoms with van der Waals surface area (Å²) in [5.74, 6) is -0.556. The van der Waals surface area contributed by atoms with Crippen LogP contribution in [0.2, 0.25) is 0 Å². The predicted molar refractivity (Wildman–Crippen MR) is 106 cm³/mol. The lowest BCUT2D eigenvalue weighted by Crippen LogP contribution is -2.28. The largest absolute Gasteiger partial charge is 0.497 e. The Morgan fingerprint density at radius 1 is 1.21 bits per heavy atom. The molecule has 2 aromatic rings. The van der Waals surface area contributed by atoms with Crippen LogP contribution in [0.15, 0.2) is 53.4 Å². The summed E-state index contributed by atoms with van der Waals surface area (Å²) in [4.78, 5) is 26.8. The molecule has 1 heterocycles. The Morgan fingerprint density at radius 3 is 2.68 bits per heavy atom. The van der Waals surface area contributed by atoms with E-state index in [1.807, 2.05) is 0 Å². The van der Waals surface area contributed by atoms with Crippen LogP contribution in [-0.4, -0.2) is 39.6 Å². The summed E-state index contributed by atoms with van der Waals surface area (Å²) < 4.78 is 29.7. The van der Waals surface area contributed by atoms with E-state index in [-0.39, 0.29) is 41.1 Å². The number of nitrogens with zero attached hydrogens (tertiary/aromatic N) is 1. The summed E-state index contributed by atoms with van der Waals surface area (Å²) in [7, 11) is -1.93. The van der Waals surface area contributed by atoms with Crippen LogP contribution in [0.1, 0.15) is 13.3 Å². The number of hydrogen-bond acceptors (Lipinski definition) is 5. The Hall–Kier alpha value is -2.87. The van der Waals surface area contributed by atoms with Gasteiger partial charge in [0.15, 0.2) is 9.84 Å². The van der Waals surface area contributed by atoms with Gasteiger partial charge in [-0.15, -0.1) is 0 Å². The number of hydrogen-bond donors (Lipinski definition) is 1. The molecule has 3 rings (SSSR count). The highest BCUT2D eigenvalue weighted by atomic mass is 32.2. The molecule has 2 amide bonds. The maximum Gasteiger partial charge on any atom is 0.229 e. The zero-order chi connectivity index (χ0) is 20.3. The standard InChI is InChI=1S/C20H22N2O5S/c1-3-28(25,26)18-10-5-4-9-17(18)21-20(24)14-11-19(23)22(13-14)15-7-6-8-16(12-15)27-2/h4-10,12,14H,3,11,13H2,1-2H3,(H,21,24). The summed E-state index contributed by atoms with van der Waals surface area (Å²) in [6.07, 6.45) is 0.0612. The van der Waals surface area contributed by atoms with Crippen molar-refractivity contribution in [3.8, 4) is 5.75 Å². The molecule has 0 spiro atoms. The quantitative estimate of drug-likeness (QED) is 0.801. The third-order valence-corrected chi connectivity index (χ3v) is 6.51. The van der Waals surface area contributed by atoms with E-state index in [1.165, 1.54) is 6.07 Å². The number of benzene rings is 2. The molecule has 0 aliphatic carbocycles. The zero-order valence-corrected chi connectivity index (χ0v) is 16.5. The second kappa shape index (κ2) is 8.02. The number of methoxy groups -OCH3 is 1. The summed E-state index contributed by atoms with van der Waals surface area (Å²) in [6, 6.07) is 13.4. The van der Waals surface area contributed by atoms with Gasteiger partial charge >= 0.3 is 0 Å². The van der Waals surface area contributed by atoms with Crippen LogP contribution in [0.4, 0.5) is 11.4 Å². The van der Waals surface area contributed by atoms with Crippen LogP contribution in [0.5, 0.6) is 5.75 Å². The minimum atomic E-state index is -3.48. The summed E-state index contributed by atoms with van der Waals surface area (Å²) in [6.45, 7) is 1.77. The molecule has 1 aliphatic heterocycles. The Bertz CT molecular complexity index is 1000. The molecular weight excluding hydrogens is 380 g/mol. The summed E-state index contributed by atoms with van der Waals surface area (Å²) in [5, 5.41) is 2.69. The number of carbonyl (C=O) groups excluding carboxylic acids is 2. The molecule has 2 aromatic carbocycles. The van der Waals surface area contributed by atoms with Crippen LogP contribution in [0.25, 0.3) is 0 Å². The highest BCUT2D eigenvalue weighted by Crippen LogP contribution is 2.29. The number of anilines is 2. The lowest BCUT2D eigenvalue weighted by Gasteiger charge is -2.18. The van der Waals surface area contributed by atoms with Gasteiger partial charge in [0.1, 0.15) is 5.75 Å². The molecule has 1 aliphatic rings. The van der Waals surface area contributed by atoms with Crippen molar-refractivity contribution in [2.75, 3.05) is 29.6 Å². The Labute approximate surface area is 164 Å². The van der Waals surface area contributed by atoms with Crippen LogP contribution in [0, 0.1) is 5.92 Å². The van der Waals surface area contributed by atoms with Crippen molar-refractivity contribution >= 4 is 33.0 Å². The minimum absolute atomic E-state index is 0.0612. The summed E-state index contributed by atoms with van der Waals surface area (Å²) >= 11 is 0. The molecule has 8 heteroatoms. The van der Waals surface area contributed by atoms with Gasteiger partial charge in [0.2, 0.25) is 11.8 Å². The second-order valence-electron chi connectivity index (χ2n) is 6.50. The highest BCUT2D eigenvalue weighted by molar-refractivity contribution is 7.91. The highest BCUT2D eigenvalue weighted by Gasteiger charge is 2.35. The normalized spacial score (nSPS) is 16.9. The first-order valence-electron chi connectivity index (χ1n) is 8.92. The van der Waals surface area contributed by atoms with Crippen molar-refractivity contribution < 1.29 is 22.7 Å². The maximum absolute atomic E-state index is 12.7. The van der Waals surface area contributed by atoms with Gasteiger partial charge in [-0.3, -0.25) is 9.59 Å². The van der Waals surface area contributed by atoms with E-state index in [9.17, 15) is 18.0 Å². The molecule has 148 valence electrons. The molecular formula is C20H22N2O5S. The zero-order valence-electron chi connectivity index (χ0n) is 15.7. The average molecular weight is 402 g/mol. The number of nitrogens with one attached hydrogen (secondary N) is 1. The molecule has 1 atom stereocenters. The van der Waals surface area contributed by atoms with E-state index in [4.69, 9.17) is 4.74 Å². The van der Waals surface area contributed by atoms with Crippen molar-refractivity contribution in [1.82, 2.24) is 0 Å². The lowest BCUT2D eigenvalue weighted by atomic mass is 10.1. The first kappa shape index (κ1) is 19.9. The topological polar surface area (TPSA) is 92.8 Å². The van der Waals surface area contributed by atoms with Crippen LogP contribution in [0.3, 0.4) is 0 Å². The second-order valence-corrected chi connectivity index (χ2v) is 8.74. The van der Waals surface area contributed by atoms with Gasteiger partial charge in [-0.1, -0.05) is 25.1 Å². The van der Waals surface area contributed by atoms with Gasteiger partial charge in [-0.05, 0) is 24.3 Å². The van der Waals surface area contributed by atoms with E-state index in [0.717, 1.165) is 0 Å². The third-order valence-electron chi connectivity index (χ3n) is 4.72. The molecule has 0 saturated carbocycles. The maximum atomic E-state index is 12.7. The third kappa shape index (κ3) is 4.01. The number of carbonyl (C=O) groups is 2.